The number of rotatable bonds is 6. The topological polar surface area (TPSA) is 83.4 Å². The Morgan fingerprint density at radius 1 is 1.14 bits per heavy atom. The van der Waals surface area contributed by atoms with E-state index in [4.69, 9.17) is 0 Å². The molecule has 1 saturated heterocycles. The minimum Gasteiger partial charge on any atom is -0.338 e. The Hall–Kier alpha value is -2.78. The number of fused-ring (bicyclic) bond motifs is 1. The van der Waals surface area contributed by atoms with Gasteiger partial charge in [-0.05, 0) is 30.7 Å². The first kappa shape index (κ1) is 19.5. The summed E-state index contributed by atoms with van der Waals surface area (Å²) in [6.45, 7) is 6.90. The molecule has 2 aromatic heterocycles. The van der Waals surface area contributed by atoms with Crippen LogP contribution in [-0.2, 0) is 11.3 Å². The number of nitrogens with one attached hydrogen (secondary N) is 1. The Morgan fingerprint density at radius 3 is 2.62 bits per heavy atom. The predicted octanol–water partition coefficient (Wildman–Crippen LogP) is 2.02. The summed E-state index contributed by atoms with van der Waals surface area (Å²) >= 11 is 1.48. The van der Waals surface area contributed by atoms with Gasteiger partial charge in [0.1, 0.15) is 0 Å². The number of hydrogen-bond donors (Lipinski definition) is 1. The van der Waals surface area contributed by atoms with Crippen molar-refractivity contribution in [2.45, 2.75) is 19.9 Å². The van der Waals surface area contributed by atoms with Gasteiger partial charge in [-0.3, -0.25) is 18.4 Å². The van der Waals surface area contributed by atoms with Crippen LogP contribution in [0.4, 0.5) is 11.6 Å². The zero-order valence-corrected chi connectivity index (χ0v) is 17.2. The molecule has 1 aromatic carbocycles. The molecule has 152 valence electrons. The molecule has 1 aliphatic heterocycles. The quantitative estimate of drug-likeness (QED) is 0.667. The highest BCUT2D eigenvalue weighted by Gasteiger charge is 2.18. The Bertz CT molecular complexity index is 1040. The number of nitrogens with zero attached hydrogens (tertiary/aromatic N) is 5. The molecular formula is C20H24N6O2S. The van der Waals surface area contributed by atoms with Gasteiger partial charge in [-0.2, -0.15) is 0 Å². The van der Waals surface area contributed by atoms with Crippen LogP contribution in [0.1, 0.15) is 13.3 Å². The second-order valence-corrected chi connectivity index (χ2v) is 8.18. The molecule has 1 fully saturated rings. The first-order chi connectivity index (χ1) is 14.1. The lowest BCUT2D eigenvalue weighted by molar-refractivity contribution is -0.114. The molecular weight excluding hydrogens is 388 g/mol. The largest absolute Gasteiger partial charge is 0.338 e. The van der Waals surface area contributed by atoms with Crippen molar-refractivity contribution >= 4 is 39.2 Å². The highest BCUT2D eigenvalue weighted by molar-refractivity contribution is 7.13. The van der Waals surface area contributed by atoms with Crippen molar-refractivity contribution in [2.75, 3.05) is 42.9 Å². The fraction of sp³-hybridized carbons (Fsp3) is 0.400. The smallest absolute Gasteiger partial charge is 0.268 e. The average Bonchev–Trinajstić information content (AvgIpc) is 3.04. The number of aryl methyl sites for hydroxylation is 1. The Morgan fingerprint density at radius 2 is 1.90 bits per heavy atom. The van der Waals surface area contributed by atoms with E-state index in [-0.39, 0.29) is 11.5 Å². The minimum atomic E-state index is -0.140. The van der Waals surface area contributed by atoms with Gasteiger partial charge in [-0.25, -0.2) is 9.97 Å². The van der Waals surface area contributed by atoms with Crippen LogP contribution in [-0.4, -0.2) is 57.5 Å². The number of piperazine rings is 1. The monoisotopic (exact) mass is 412 g/mol. The molecule has 0 bridgehead atoms. The van der Waals surface area contributed by atoms with E-state index in [0.29, 0.717) is 17.6 Å². The van der Waals surface area contributed by atoms with Crippen molar-refractivity contribution in [1.82, 2.24) is 18.8 Å². The molecule has 0 unspecified atom stereocenters. The number of benzene rings is 1. The van der Waals surface area contributed by atoms with E-state index in [9.17, 15) is 9.59 Å². The van der Waals surface area contributed by atoms with Crippen LogP contribution in [0.5, 0.6) is 0 Å². The molecule has 9 heteroatoms. The average molecular weight is 413 g/mol. The minimum absolute atomic E-state index is 0.0169. The molecule has 4 rings (SSSR count). The molecule has 0 saturated carbocycles. The van der Waals surface area contributed by atoms with E-state index in [2.05, 4.69) is 25.1 Å². The standard InChI is InChI=1S/C20H24N6O2S/c1-15(27)23-16-4-5-18-17(14-16)19(28)26(29-18)9-3-8-24-10-12-25(13-11-24)20-21-6-2-7-22-20/h2,4-7,14H,3,8-13H2,1H3,(H,23,27). The summed E-state index contributed by atoms with van der Waals surface area (Å²) < 4.78 is 2.76. The highest BCUT2D eigenvalue weighted by atomic mass is 32.1. The molecule has 0 aliphatic carbocycles. The summed E-state index contributed by atoms with van der Waals surface area (Å²) in [7, 11) is 0. The Balaban J connectivity index is 1.31. The number of amides is 1. The van der Waals surface area contributed by atoms with Crippen molar-refractivity contribution in [2.24, 2.45) is 0 Å². The fourth-order valence-corrected chi connectivity index (χ4v) is 4.58. The maximum Gasteiger partial charge on any atom is 0.268 e. The van der Waals surface area contributed by atoms with Crippen molar-refractivity contribution in [3.63, 3.8) is 0 Å². The van der Waals surface area contributed by atoms with Gasteiger partial charge in [0.05, 0.1) is 10.1 Å². The first-order valence-corrected chi connectivity index (χ1v) is 10.5. The van der Waals surface area contributed by atoms with Gasteiger partial charge in [-0.15, -0.1) is 0 Å². The van der Waals surface area contributed by atoms with Crippen LogP contribution in [0.3, 0.4) is 0 Å². The van der Waals surface area contributed by atoms with Crippen LogP contribution in [0.2, 0.25) is 0 Å². The number of carbonyl (C=O) groups excluding carboxylic acids is 1. The van der Waals surface area contributed by atoms with Gasteiger partial charge in [-0.1, -0.05) is 11.5 Å². The van der Waals surface area contributed by atoms with Crippen LogP contribution in [0, 0.1) is 0 Å². The number of hydrogen-bond acceptors (Lipinski definition) is 7. The van der Waals surface area contributed by atoms with E-state index in [1.165, 1.54) is 18.5 Å². The molecule has 1 aliphatic rings. The molecule has 8 nitrogen and oxygen atoms in total. The summed E-state index contributed by atoms with van der Waals surface area (Å²) in [6.07, 6.45) is 4.47. The molecule has 0 radical (unpaired) electrons. The maximum atomic E-state index is 12.7. The van der Waals surface area contributed by atoms with Crippen LogP contribution < -0.4 is 15.8 Å². The SMILES string of the molecule is CC(=O)Nc1ccc2sn(CCCN3CCN(c4ncccn4)CC3)c(=O)c2c1. The lowest BCUT2D eigenvalue weighted by Gasteiger charge is -2.34. The summed E-state index contributed by atoms with van der Waals surface area (Å²) in [5.74, 6) is 0.654. The third-order valence-corrected chi connectivity index (χ3v) is 6.13. The van der Waals surface area contributed by atoms with E-state index in [0.717, 1.165) is 49.8 Å². The maximum absolute atomic E-state index is 12.7. The van der Waals surface area contributed by atoms with Gasteiger partial charge >= 0.3 is 0 Å². The Kier molecular flexibility index (Phi) is 5.86. The lowest BCUT2D eigenvalue weighted by atomic mass is 10.2. The van der Waals surface area contributed by atoms with Crippen molar-refractivity contribution in [3.8, 4) is 0 Å². The third kappa shape index (κ3) is 4.63. The van der Waals surface area contributed by atoms with Gasteiger partial charge < -0.3 is 10.2 Å². The van der Waals surface area contributed by atoms with Crippen LogP contribution in [0.15, 0.2) is 41.5 Å². The molecule has 0 spiro atoms. The Labute approximate surface area is 172 Å². The summed E-state index contributed by atoms with van der Waals surface area (Å²) in [4.78, 5) is 37.2. The van der Waals surface area contributed by atoms with E-state index < -0.39 is 0 Å². The highest BCUT2D eigenvalue weighted by Crippen LogP contribution is 2.21. The zero-order valence-electron chi connectivity index (χ0n) is 16.4. The van der Waals surface area contributed by atoms with Gasteiger partial charge in [0.25, 0.3) is 5.56 Å². The van der Waals surface area contributed by atoms with Crippen LogP contribution >= 0.6 is 11.5 Å². The van der Waals surface area contributed by atoms with Crippen molar-refractivity contribution in [3.05, 3.63) is 47.0 Å². The number of anilines is 2. The van der Waals surface area contributed by atoms with Gasteiger partial charge in [0.15, 0.2) is 0 Å². The summed E-state index contributed by atoms with van der Waals surface area (Å²) in [6, 6.07) is 7.32. The molecule has 3 aromatic rings. The van der Waals surface area contributed by atoms with E-state index in [1.54, 1.807) is 18.5 Å². The zero-order chi connectivity index (χ0) is 20.2. The van der Waals surface area contributed by atoms with Crippen molar-refractivity contribution in [1.29, 1.82) is 0 Å². The second kappa shape index (κ2) is 8.71. The summed E-state index contributed by atoms with van der Waals surface area (Å²) in [5.41, 5.74) is 0.676. The number of aromatic nitrogens is 3. The number of carbonyl (C=O) groups is 1. The molecule has 1 amide bonds. The molecule has 1 N–H and O–H groups in total. The van der Waals surface area contributed by atoms with Crippen LogP contribution in [0.25, 0.3) is 10.1 Å². The second-order valence-electron chi connectivity index (χ2n) is 7.12. The third-order valence-electron chi connectivity index (χ3n) is 5.01. The van der Waals surface area contributed by atoms with Crippen molar-refractivity contribution < 1.29 is 4.79 Å². The fourth-order valence-electron chi connectivity index (χ4n) is 3.56. The lowest BCUT2D eigenvalue weighted by Crippen LogP contribution is -2.47. The summed E-state index contributed by atoms with van der Waals surface area (Å²) in [5, 5.41) is 3.40. The first-order valence-electron chi connectivity index (χ1n) is 9.76. The van der Waals surface area contributed by atoms with Gasteiger partial charge in [0, 0.05) is 64.3 Å². The van der Waals surface area contributed by atoms with E-state index >= 15 is 0 Å². The molecule has 3 heterocycles. The predicted molar refractivity (Wildman–Crippen MR) is 116 cm³/mol. The normalized spacial score (nSPS) is 15.0. The van der Waals surface area contributed by atoms with Gasteiger partial charge in [0.2, 0.25) is 11.9 Å². The molecule has 29 heavy (non-hydrogen) atoms. The molecule has 0 atom stereocenters. The van der Waals surface area contributed by atoms with E-state index in [1.807, 2.05) is 22.2 Å².